The van der Waals surface area contributed by atoms with Crippen LogP contribution in [0.3, 0.4) is 0 Å². The van der Waals surface area contributed by atoms with Crippen molar-refractivity contribution < 1.29 is 17.9 Å². The molecule has 0 bridgehead atoms. The van der Waals surface area contributed by atoms with Gasteiger partial charge in [0.2, 0.25) is 0 Å². The lowest BCUT2D eigenvalue weighted by Crippen LogP contribution is -2.25. The zero-order chi connectivity index (χ0) is 27.1. The number of hydrogen-bond acceptors (Lipinski definition) is 10. The van der Waals surface area contributed by atoms with Crippen LogP contribution in [-0.2, 0) is 19.5 Å². The minimum absolute atomic E-state index is 0.146. The molecule has 0 radical (unpaired) electrons. The first-order valence-corrected chi connectivity index (χ1v) is 14.8. The van der Waals surface area contributed by atoms with E-state index in [1.807, 2.05) is 13.0 Å². The predicted octanol–water partition coefficient (Wildman–Crippen LogP) is 4.35. The highest BCUT2D eigenvalue weighted by Gasteiger charge is 2.37. The van der Waals surface area contributed by atoms with Gasteiger partial charge in [0.1, 0.15) is 29.1 Å². The summed E-state index contributed by atoms with van der Waals surface area (Å²) in [6.45, 7) is 6.96. The van der Waals surface area contributed by atoms with Crippen molar-refractivity contribution in [2.24, 2.45) is 0 Å². The standard InChI is InChI=1S/C26H32N8O4S/c1-16(2)34-21-12-23(28-14-20(21)30-26(34)17(3)38-24-6-4-5-11-37-24)31-22-9-10-27-25(32-22)18-13-29-33(15-18)39(35,36)19-7-8-19/h9-10,12-17,19,24H,4-8,11H2,1-3H3,(H,27,28,31,32). The predicted molar refractivity (Wildman–Crippen MR) is 145 cm³/mol. The van der Waals surface area contributed by atoms with Crippen LogP contribution in [0.4, 0.5) is 11.6 Å². The molecule has 12 nitrogen and oxygen atoms in total. The van der Waals surface area contributed by atoms with Crippen molar-refractivity contribution in [3.05, 3.63) is 42.7 Å². The molecule has 206 valence electrons. The first-order chi connectivity index (χ1) is 18.8. The van der Waals surface area contributed by atoms with Gasteiger partial charge in [-0.1, -0.05) is 0 Å². The largest absolute Gasteiger partial charge is 0.353 e. The van der Waals surface area contributed by atoms with E-state index in [0.717, 1.165) is 46.8 Å². The fraction of sp³-hybridized carbons (Fsp3) is 0.500. The fourth-order valence-corrected chi connectivity index (χ4v) is 6.28. The second-order valence-corrected chi connectivity index (χ2v) is 12.4. The number of rotatable bonds is 9. The third-order valence-electron chi connectivity index (χ3n) is 6.91. The van der Waals surface area contributed by atoms with Crippen LogP contribution in [0.1, 0.15) is 70.8 Å². The Balaban J connectivity index is 1.25. The Bertz CT molecular complexity index is 1590. The van der Waals surface area contributed by atoms with E-state index in [-0.39, 0.29) is 23.7 Å². The summed E-state index contributed by atoms with van der Waals surface area (Å²) in [6, 6.07) is 3.82. The van der Waals surface area contributed by atoms with Gasteiger partial charge in [-0.25, -0.2) is 28.4 Å². The van der Waals surface area contributed by atoms with Crippen LogP contribution in [0.5, 0.6) is 0 Å². The van der Waals surface area contributed by atoms with Gasteiger partial charge in [-0.2, -0.15) is 9.19 Å². The molecular weight excluding hydrogens is 520 g/mol. The monoisotopic (exact) mass is 552 g/mol. The molecule has 2 fully saturated rings. The summed E-state index contributed by atoms with van der Waals surface area (Å²) in [5.74, 6) is 2.31. The van der Waals surface area contributed by atoms with Gasteiger partial charge in [0.05, 0.1) is 34.9 Å². The highest BCUT2D eigenvalue weighted by Crippen LogP contribution is 2.32. The highest BCUT2D eigenvalue weighted by molar-refractivity contribution is 7.90. The fourth-order valence-electron chi connectivity index (χ4n) is 4.80. The van der Waals surface area contributed by atoms with E-state index >= 15 is 0 Å². The van der Waals surface area contributed by atoms with E-state index in [9.17, 15) is 8.42 Å². The topological polar surface area (TPSA) is 139 Å². The second kappa shape index (κ2) is 10.3. The van der Waals surface area contributed by atoms with Crippen molar-refractivity contribution >= 4 is 32.7 Å². The summed E-state index contributed by atoms with van der Waals surface area (Å²) in [7, 11) is -3.46. The number of aromatic nitrogens is 7. The molecule has 2 unspecified atom stereocenters. The van der Waals surface area contributed by atoms with E-state index in [1.54, 1.807) is 18.5 Å². The van der Waals surface area contributed by atoms with Crippen LogP contribution in [-0.4, -0.2) is 60.3 Å². The normalized spacial score (nSPS) is 19.0. The van der Waals surface area contributed by atoms with Crippen LogP contribution in [0.15, 0.2) is 36.9 Å². The average molecular weight is 553 g/mol. The van der Waals surface area contributed by atoms with Gasteiger partial charge in [-0.3, -0.25) is 0 Å². The first kappa shape index (κ1) is 25.8. The maximum absolute atomic E-state index is 12.5. The number of nitrogens with one attached hydrogen (secondary N) is 1. The third-order valence-corrected chi connectivity index (χ3v) is 8.95. The number of nitrogens with zero attached hydrogens (tertiary/aromatic N) is 7. The number of hydrogen-bond donors (Lipinski definition) is 1. The molecule has 2 atom stereocenters. The molecule has 13 heteroatoms. The van der Waals surface area contributed by atoms with Gasteiger partial charge in [0.15, 0.2) is 12.1 Å². The smallest absolute Gasteiger partial charge is 0.256 e. The zero-order valence-corrected chi connectivity index (χ0v) is 23.0. The molecular formula is C26H32N8O4S. The van der Waals surface area contributed by atoms with Gasteiger partial charge in [0.25, 0.3) is 10.0 Å². The summed E-state index contributed by atoms with van der Waals surface area (Å²) in [5.41, 5.74) is 2.22. The Hall–Kier alpha value is -3.42. The quantitative estimate of drug-likeness (QED) is 0.319. The molecule has 0 aromatic carbocycles. The second-order valence-electron chi connectivity index (χ2n) is 10.3. The van der Waals surface area contributed by atoms with Crippen molar-refractivity contribution in [3.63, 3.8) is 0 Å². The van der Waals surface area contributed by atoms with Gasteiger partial charge in [0, 0.05) is 24.9 Å². The Labute approximate surface area is 226 Å². The van der Waals surface area contributed by atoms with Gasteiger partial charge in [-0.15, -0.1) is 0 Å². The maximum atomic E-state index is 12.5. The zero-order valence-electron chi connectivity index (χ0n) is 22.2. The molecule has 6 rings (SSSR count). The number of imidazole rings is 1. The number of ether oxygens (including phenoxy) is 2. The lowest BCUT2D eigenvalue weighted by atomic mass is 10.2. The Morgan fingerprint density at radius 3 is 2.67 bits per heavy atom. The molecule has 5 heterocycles. The van der Waals surface area contributed by atoms with Crippen LogP contribution in [0.25, 0.3) is 22.4 Å². The molecule has 1 saturated carbocycles. The van der Waals surface area contributed by atoms with Crippen molar-refractivity contribution in [3.8, 4) is 11.4 Å². The molecule has 0 spiro atoms. The van der Waals surface area contributed by atoms with Crippen LogP contribution < -0.4 is 5.32 Å². The summed E-state index contributed by atoms with van der Waals surface area (Å²) >= 11 is 0. The minimum Gasteiger partial charge on any atom is -0.353 e. The number of fused-ring (bicyclic) bond motifs is 1. The summed E-state index contributed by atoms with van der Waals surface area (Å²) in [6.07, 6.45) is 10.2. The lowest BCUT2D eigenvalue weighted by Gasteiger charge is -2.26. The molecule has 0 amide bonds. The van der Waals surface area contributed by atoms with Crippen molar-refractivity contribution in [2.45, 2.75) is 76.6 Å². The Morgan fingerprint density at radius 1 is 1.08 bits per heavy atom. The lowest BCUT2D eigenvalue weighted by molar-refractivity contribution is -0.188. The first-order valence-electron chi connectivity index (χ1n) is 13.3. The minimum atomic E-state index is -3.46. The molecule has 1 aliphatic heterocycles. The van der Waals surface area contributed by atoms with Crippen LogP contribution in [0, 0.1) is 0 Å². The van der Waals surface area contributed by atoms with Crippen molar-refractivity contribution in [1.29, 1.82) is 0 Å². The van der Waals surface area contributed by atoms with Gasteiger partial charge >= 0.3 is 0 Å². The van der Waals surface area contributed by atoms with E-state index < -0.39 is 10.0 Å². The van der Waals surface area contributed by atoms with E-state index in [4.69, 9.17) is 14.5 Å². The van der Waals surface area contributed by atoms with Crippen molar-refractivity contribution in [1.82, 2.24) is 33.7 Å². The van der Waals surface area contributed by atoms with Crippen LogP contribution in [0.2, 0.25) is 0 Å². The molecule has 1 saturated heterocycles. The SMILES string of the molecule is CC(OC1CCCCO1)c1nc2cnc(Nc3ccnc(-c4cnn(S(=O)(=O)C5CC5)c4)n3)cc2n1C(C)C. The van der Waals surface area contributed by atoms with E-state index in [1.165, 1.54) is 12.4 Å². The third kappa shape index (κ3) is 5.25. The number of anilines is 2. The average Bonchev–Trinajstić information content (AvgIpc) is 3.54. The summed E-state index contributed by atoms with van der Waals surface area (Å²) in [4.78, 5) is 18.3. The van der Waals surface area contributed by atoms with E-state index in [2.05, 4.69) is 43.8 Å². The maximum Gasteiger partial charge on any atom is 0.256 e. The van der Waals surface area contributed by atoms with Crippen molar-refractivity contribution in [2.75, 3.05) is 11.9 Å². The molecule has 4 aromatic heterocycles. The molecule has 2 aliphatic rings. The summed E-state index contributed by atoms with van der Waals surface area (Å²) in [5, 5.41) is 6.93. The molecule has 1 N–H and O–H groups in total. The Kier molecular flexibility index (Phi) is 6.81. The molecule has 4 aromatic rings. The number of pyridine rings is 1. The molecule has 39 heavy (non-hydrogen) atoms. The van der Waals surface area contributed by atoms with Crippen LogP contribution >= 0.6 is 0 Å². The van der Waals surface area contributed by atoms with E-state index in [0.29, 0.717) is 35.9 Å². The Morgan fingerprint density at radius 2 is 1.92 bits per heavy atom. The van der Waals surface area contributed by atoms with Gasteiger partial charge in [-0.05, 0) is 58.9 Å². The highest BCUT2D eigenvalue weighted by atomic mass is 32.2. The summed E-state index contributed by atoms with van der Waals surface area (Å²) < 4.78 is 40.2. The van der Waals surface area contributed by atoms with Gasteiger partial charge < -0.3 is 19.4 Å². The molecule has 1 aliphatic carbocycles.